The molecule has 0 saturated heterocycles. The first-order valence-corrected chi connectivity index (χ1v) is 9.74. The van der Waals surface area contributed by atoms with Crippen LogP contribution < -0.4 is 5.43 Å². The molecule has 0 heterocycles. The summed E-state index contributed by atoms with van der Waals surface area (Å²) in [5.41, 5.74) is 1.61. The van der Waals surface area contributed by atoms with E-state index in [1.165, 1.54) is 0 Å². The molecule has 0 aliphatic rings. The number of esters is 1. The number of hydrogen-bond donors (Lipinski definition) is 1. The molecule has 0 amide bonds. The fourth-order valence-electron chi connectivity index (χ4n) is 2.36. The van der Waals surface area contributed by atoms with Crippen LogP contribution in [0.2, 0.25) is 5.02 Å². The van der Waals surface area contributed by atoms with Crippen molar-refractivity contribution in [2.45, 2.75) is 52.6 Å². The van der Waals surface area contributed by atoms with Gasteiger partial charge in [0.25, 0.3) is 0 Å². The van der Waals surface area contributed by atoms with Gasteiger partial charge in [0, 0.05) is 13.1 Å². The van der Waals surface area contributed by atoms with Crippen molar-refractivity contribution in [2.24, 2.45) is 5.10 Å². The first-order valence-electron chi connectivity index (χ1n) is 9.37. The molecule has 5 nitrogen and oxygen atoms in total. The van der Waals surface area contributed by atoms with Gasteiger partial charge in [-0.15, -0.1) is 5.10 Å². The lowest BCUT2D eigenvalue weighted by atomic mass is 10.2. The van der Waals surface area contributed by atoms with Crippen LogP contribution >= 0.6 is 11.6 Å². The van der Waals surface area contributed by atoms with Crippen molar-refractivity contribution >= 4 is 29.1 Å². The number of alkyl halides is 3. The summed E-state index contributed by atoms with van der Waals surface area (Å²) in [5, 5.41) is 4.13. The molecule has 0 unspecified atom stereocenters. The van der Waals surface area contributed by atoms with Crippen molar-refractivity contribution in [3.05, 3.63) is 28.8 Å². The van der Waals surface area contributed by atoms with Crippen LogP contribution in [0.15, 0.2) is 23.3 Å². The molecular formula is C19H27ClF3N3O2. The summed E-state index contributed by atoms with van der Waals surface area (Å²) in [5.74, 6) is -0.609. The first-order chi connectivity index (χ1) is 13.2. The van der Waals surface area contributed by atoms with E-state index in [0.29, 0.717) is 13.1 Å². The molecule has 0 aliphatic carbocycles. The molecule has 0 aromatic heterocycles. The Bertz CT molecular complexity index is 658. The third-order valence-corrected chi connectivity index (χ3v) is 4.23. The van der Waals surface area contributed by atoms with E-state index in [4.69, 9.17) is 16.3 Å². The Morgan fingerprint density at radius 1 is 1.18 bits per heavy atom. The summed E-state index contributed by atoms with van der Waals surface area (Å²) in [7, 11) is 0. The van der Waals surface area contributed by atoms with Gasteiger partial charge in [0.2, 0.25) is 5.84 Å². The van der Waals surface area contributed by atoms with Crippen LogP contribution in [0.1, 0.15) is 52.0 Å². The normalized spacial score (nSPS) is 12.0. The van der Waals surface area contributed by atoms with Gasteiger partial charge in [-0.3, -0.25) is 5.43 Å². The maximum atomic E-state index is 12.9. The zero-order chi connectivity index (χ0) is 21.2. The Morgan fingerprint density at radius 2 is 1.79 bits per heavy atom. The number of benzene rings is 1. The number of rotatable bonds is 9. The van der Waals surface area contributed by atoms with Crippen molar-refractivity contribution in [3.63, 3.8) is 0 Å². The zero-order valence-electron chi connectivity index (χ0n) is 16.4. The lowest BCUT2D eigenvalue weighted by Gasteiger charge is -2.24. The molecule has 1 rings (SSSR count). The molecular weight excluding hydrogens is 395 g/mol. The predicted octanol–water partition coefficient (Wildman–Crippen LogP) is 5.55. The highest BCUT2D eigenvalue weighted by Crippen LogP contribution is 2.33. The fourth-order valence-corrected chi connectivity index (χ4v) is 2.52. The van der Waals surface area contributed by atoms with Gasteiger partial charge in [0.1, 0.15) is 0 Å². The quantitative estimate of drug-likeness (QED) is 0.246. The molecule has 0 fully saturated rings. The van der Waals surface area contributed by atoms with Gasteiger partial charge in [-0.2, -0.15) is 13.2 Å². The summed E-state index contributed by atoms with van der Waals surface area (Å²) in [6.45, 7) is 7.07. The third kappa shape index (κ3) is 7.58. The van der Waals surface area contributed by atoms with Gasteiger partial charge in [-0.1, -0.05) is 38.3 Å². The smallest absolute Gasteiger partial charge is 0.416 e. The maximum Gasteiger partial charge on any atom is 0.416 e. The number of nitrogens with one attached hydrogen (secondary N) is 1. The molecule has 158 valence electrons. The Balaban J connectivity index is 3.19. The molecule has 1 aromatic rings. The van der Waals surface area contributed by atoms with Crippen molar-refractivity contribution in [1.29, 1.82) is 0 Å². The lowest BCUT2D eigenvalue weighted by molar-refractivity contribution is -0.137. The van der Waals surface area contributed by atoms with Gasteiger partial charge in [0.15, 0.2) is 0 Å². The van der Waals surface area contributed by atoms with Crippen molar-refractivity contribution in [1.82, 2.24) is 4.90 Å². The number of unbranched alkanes of at least 4 members (excludes halogenated alkanes) is 2. The zero-order valence-corrected chi connectivity index (χ0v) is 17.2. The van der Waals surface area contributed by atoms with Crippen LogP contribution in [0, 0.1) is 0 Å². The second-order valence-corrected chi connectivity index (χ2v) is 6.56. The minimum Gasteiger partial charge on any atom is -0.460 e. The number of hydrazone groups is 1. The van der Waals surface area contributed by atoms with Gasteiger partial charge < -0.3 is 9.64 Å². The van der Waals surface area contributed by atoms with E-state index in [9.17, 15) is 18.0 Å². The number of anilines is 1. The largest absolute Gasteiger partial charge is 0.460 e. The summed E-state index contributed by atoms with van der Waals surface area (Å²) in [6, 6.07) is 2.88. The summed E-state index contributed by atoms with van der Waals surface area (Å²) in [6.07, 6.45) is -0.987. The lowest BCUT2D eigenvalue weighted by Crippen LogP contribution is -2.40. The van der Waals surface area contributed by atoms with Gasteiger partial charge in [-0.25, -0.2) is 4.79 Å². The highest BCUT2D eigenvalue weighted by Gasteiger charge is 2.31. The topological polar surface area (TPSA) is 53.9 Å². The van der Waals surface area contributed by atoms with E-state index in [1.807, 2.05) is 13.8 Å². The standard InChI is InChI=1S/C19H27ClF3N3O2/c1-4-7-11-26(12-8-5-2)17(18(27)28-6-3)25-24-16-13-14(19(21,22)23)9-10-15(16)20/h9-10,13,24H,4-8,11-12H2,1-3H3/b25-17-. The minimum atomic E-state index is -4.51. The number of amidine groups is 1. The third-order valence-electron chi connectivity index (χ3n) is 3.90. The molecule has 0 spiro atoms. The number of carbonyl (C=O) groups is 1. The van der Waals surface area contributed by atoms with Gasteiger partial charge in [-0.05, 0) is 38.0 Å². The first kappa shape index (κ1) is 24.1. The van der Waals surface area contributed by atoms with E-state index in [-0.39, 0.29) is 23.2 Å². The van der Waals surface area contributed by atoms with Crippen LogP contribution in [0.25, 0.3) is 0 Å². The van der Waals surface area contributed by atoms with E-state index in [2.05, 4.69) is 10.5 Å². The van der Waals surface area contributed by atoms with E-state index >= 15 is 0 Å². The molecule has 0 atom stereocenters. The molecule has 9 heteroatoms. The van der Waals surface area contributed by atoms with E-state index in [1.54, 1.807) is 11.8 Å². The molecule has 0 bridgehead atoms. The number of halogens is 4. The highest BCUT2D eigenvalue weighted by molar-refractivity contribution is 6.35. The number of ether oxygens (including phenoxy) is 1. The van der Waals surface area contributed by atoms with Crippen LogP contribution in [0.3, 0.4) is 0 Å². The SMILES string of the molecule is CCCCN(CCCC)/C(=N\Nc1cc(C(F)(F)F)ccc1Cl)C(=O)OCC. The summed E-state index contributed by atoms with van der Waals surface area (Å²) in [4.78, 5) is 14.2. The second kappa shape index (κ2) is 11.8. The van der Waals surface area contributed by atoms with Crippen molar-refractivity contribution in [2.75, 3.05) is 25.1 Å². The maximum absolute atomic E-state index is 12.9. The number of hydrogen-bond acceptors (Lipinski definition) is 4. The summed E-state index contributed by atoms with van der Waals surface area (Å²) >= 11 is 5.99. The van der Waals surface area contributed by atoms with E-state index in [0.717, 1.165) is 43.9 Å². The average molecular weight is 422 g/mol. The monoisotopic (exact) mass is 421 g/mol. The van der Waals surface area contributed by atoms with Crippen molar-refractivity contribution in [3.8, 4) is 0 Å². The summed E-state index contributed by atoms with van der Waals surface area (Å²) < 4.78 is 43.9. The molecule has 1 N–H and O–H groups in total. The molecule has 1 aromatic carbocycles. The Labute approximate surface area is 168 Å². The molecule has 0 radical (unpaired) electrons. The average Bonchev–Trinajstić information content (AvgIpc) is 2.63. The predicted molar refractivity (Wildman–Crippen MR) is 106 cm³/mol. The fraction of sp³-hybridized carbons (Fsp3) is 0.579. The van der Waals surface area contributed by atoms with Crippen LogP contribution in [0.5, 0.6) is 0 Å². The Hall–Kier alpha value is -1.96. The molecule has 0 aliphatic heterocycles. The van der Waals surface area contributed by atoms with Gasteiger partial charge in [0.05, 0.1) is 22.9 Å². The number of carbonyl (C=O) groups excluding carboxylic acids is 1. The van der Waals surface area contributed by atoms with Crippen LogP contribution in [-0.2, 0) is 15.7 Å². The Morgan fingerprint density at radius 3 is 2.29 bits per heavy atom. The Kier molecular flexibility index (Phi) is 10.1. The van der Waals surface area contributed by atoms with Crippen LogP contribution in [0.4, 0.5) is 18.9 Å². The van der Waals surface area contributed by atoms with Gasteiger partial charge >= 0.3 is 12.1 Å². The second-order valence-electron chi connectivity index (χ2n) is 6.15. The minimum absolute atomic E-state index is 0.0252. The molecule has 0 saturated carbocycles. The van der Waals surface area contributed by atoms with Crippen molar-refractivity contribution < 1.29 is 22.7 Å². The number of nitrogens with zero attached hydrogens (tertiary/aromatic N) is 2. The molecule has 28 heavy (non-hydrogen) atoms. The highest BCUT2D eigenvalue weighted by atomic mass is 35.5. The van der Waals surface area contributed by atoms with E-state index < -0.39 is 17.7 Å². The van der Waals surface area contributed by atoms with Crippen LogP contribution in [-0.4, -0.2) is 36.4 Å².